The van der Waals surface area contributed by atoms with Crippen LogP contribution < -0.4 is 15.6 Å². The Labute approximate surface area is 270 Å². The third kappa shape index (κ3) is 7.84. The van der Waals surface area contributed by atoms with Crippen molar-refractivity contribution >= 4 is 27.7 Å². The summed E-state index contributed by atoms with van der Waals surface area (Å²) in [6.07, 6.45) is 2.34. The van der Waals surface area contributed by atoms with E-state index in [9.17, 15) is 9.90 Å². The van der Waals surface area contributed by atoms with Crippen molar-refractivity contribution in [2.75, 3.05) is 13.2 Å². The molecule has 1 fully saturated rings. The van der Waals surface area contributed by atoms with Crippen LogP contribution in [0.5, 0.6) is 5.75 Å². The molecule has 45 heavy (non-hydrogen) atoms. The number of amides is 1. The molecule has 3 aromatic rings. The molecule has 0 aromatic heterocycles. The fraction of sp³-hybridized carbons (Fsp3) is 0.394. The molecule has 12 heteroatoms. The lowest BCUT2D eigenvalue weighted by Crippen LogP contribution is -2.56. The fourth-order valence-corrected chi connectivity index (χ4v) is 6.15. The number of nitrogens with zero attached hydrogens (tertiary/aromatic N) is 4. The molecule has 1 amide bonds. The van der Waals surface area contributed by atoms with Gasteiger partial charge in [-0.15, -0.1) is 0 Å². The van der Waals surface area contributed by atoms with Crippen LogP contribution in [0.4, 0.5) is 0 Å². The van der Waals surface area contributed by atoms with Gasteiger partial charge in [0.05, 0.1) is 19.3 Å². The maximum Gasteiger partial charge on any atom is 0.266 e. The Morgan fingerprint density at radius 2 is 1.78 bits per heavy atom. The van der Waals surface area contributed by atoms with Crippen molar-refractivity contribution in [2.45, 2.75) is 68.9 Å². The highest BCUT2D eigenvalue weighted by molar-refractivity contribution is 9.10. The van der Waals surface area contributed by atoms with Gasteiger partial charge in [-0.25, -0.2) is 10.4 Å². The van der Waals surface area contributed by atoms with Crippen molar-refractivity contribution < 1.29 is 24.5 Å². The fourth-order valence-electron chi connectivity index (χ4n) is 5.73. The summed E-state index contributed by atoms with van der Waals surface area (Å²) in [6.45, 7) is 0.515. The van der Waals surface area contributed by atoms with Crippen LogP contribution in [-0.4, -0.2) is 52.9 Å². The molecule has 3 aromatic carbocycles. The number of nitrogens with one attached hydrogen (secondary N) is 2. The molecule has 1 heterocycles. The number of aliphatic imine (C=N–C) groups is 1. The summed E-state index contributed by atoms with van der Waals surface area (Å²) in [4.78, 5) is 22.6. The predicted octanol–water partition coefficient (Wildman–Crippen LogP) is 5.44. The molecule has 0 radical (unpaired) electrons. The third-order valence-electron chi connectivity index (χ3n) is 8.18. The molecule has 4 N–H and O–H groups in total. The van der Waals surface area contributed by atoms with Crippen molar-refractivity contribution in [3.05, 3.63) is 110 Å². The number of azide groups is 1. The summed E-state index contributed by atoms with van der Waals surface area (Å²) in [5.41, 5.74) is 16.7. The number of hydrogen-bond acceptors (Lipinski definition) is 8. The van der Waals surface area contributed by atoms with E-state index in [1.807, 2.05) is 60.7 Å². The number of carbonyl (C=O) groups is 1. The molecule has 1 saturated carbocycles. The standard InChI is InChI=1S/C33H37BrN6O5/c34-29-9-4-2-6-23(29)20-33(32(43)39-38-25-12-14-26(42)15-13-25)30(28-8-3-1-7-24(28)21-36-40-35)45-31(37-33)22-10-16-27(17-11-22)44-19-5-18-41/h1-4,6-11,16-17,25-26,30,38,41-42H,5,12-15,18-21H2,(H,39,43)/t25?,26?,30-,33-/m0/s1. The Balaban J connectivity index is 1.57. The van der Waals surface area contributed by atoms with E-state index >= 15 is 0 Å². The summed E-state index contributed by atoms with van der Waals surface area (Å²) in [6, 6.07) is 22.4. The van der Waals surface area contributed by atoms with Gasteiger partial charge in [0, 0.05) is 40.4 Å². The maximum absolute atomic E-state index is 14.5. The van der Waals surface area contributed by atoms with Gasteiger partial charge in [-0.05, 0) is 78.2 Å². The van der Waals surface area contributed by atoms with Gasteiger partial charge < -0.3 is 19.7 Å². The topological polar surface area (TPSA) is 161 Å². The number of hydrogen-bond donors (Lipinski definition) is 4. The lowest BCUT2D eigenvalue weighted by Gasteiger charge is -2.33. The zero-order valence-corrected chi connectivity index (χ0v) is 26.4. The summed E-state index contributed by atoms with van der Waals surface area (Å²) in [5, 5.41) is 22.8. The van der Waals surface area contributed by atoms with Crippen molar-refractivity contribution in [3.63, 3.8) is 0 Å². The zero-order valence-electron chi connectivity index (χ0n) is 24.8. The first-order valence-electron chi connectivity index (χ1n) is 15.1. The van der Waals surface area contributed by atoms with Crippen LogP contribution in [0.15, 0.2) is 87.4 Å². The highest BCUT2D eigenvalue weighted by atomic mass is 79.9. The molecule has 0 bridgehead atoms. The number of hydrazine groups is 1. The van der Waals surface area contributed by atoms with Crippen LogP contribution in [0.25, 0.3) is 10.4 Å². The number of halogens is 1. The van der Waals surface area contributed by atoms with E-state index < -0.39 is 11.6 Å². The highest BCUT2D eigenvalue weighted by Gasteiger charge is 2.54. The van der Waals surface area contributed by atoms with E-state index in [2.05, 4.69) is 36.8 Å². The molecular weight excluding hydrogens is 640 g/mol. The maximum atomic E-state index is 14.5. The first kappa shape index (κ1) is 32.5. The predicted molar refractivity (Wildman–Crippen MR) is 173 cm³/mol. The van der Waals surface area contributed by atoms with Crippen LogP contribution in [-0.2, 0) is 22.5 Å². The number of carbonyl (C=O) groups excluding carboxylic acids is 1. The average molecular weight is 678 g/mol. The molecule has 0 saturated heterocycles. The molecule has 0 spiro atoms. The Morgan fingerprint density at radius 3 is 2.49 bits per heavy atom. The van der Waals surface area contributed by atoms with Gasteiger partial charge in [0.2, 0.25) is 5.90 Å². The first-order chi connectivity index (χ1) is 21.9. The average Bonchev–Trinajstić information content (AvgIpc) is 3.45. The van der Waals surface area contributed by atoms with E-state index in [0.717, 1.165) is 28.4 Å². The van der Waals surface area contributed by atoms with E-state index in [4.69, 9.17) is 25.1 Å². The minimum absolute atomic E-state index is 0.0118. The number of aliphatic hydroxyl groups is 2. The second-order valence-corrected chi connectivity index (χ2v) is 12.1. The van der Waals surface area contributed by atoms with Crippen LogP contribution in [0.2, 0.25) is 0 Å². The van der Waals surface area contributed by atoms with Crippen molar-refractivity contribution in [3.8, 4) is 5.75 Å². The van der Waals surface area contributed by atoms with Gasteiger partial charge in [0.25, 0.3) is 5.91 Å². The van der Waals surface area contributed by atoms with Gasteiger partial charge in [0.1, 0.15) is 5.75 Å². The molecule has 11 nitrogen and oxygen atoms in total. The molecule has 1 aliphatic carbocycles. The lowest BCUT2D eigenvalue weighted by atomic mass is 9.80. The monoisotopic (exact) mass is 676 g/mol. The van der Waals surface area contributed by atoms with Gasteiger partial charge in [-0.1, -0.05) is 63.5 Å². The van der Waals surface area contributed by atoms with E-state index in [0.29, 0.717) is 48.6 Å². The molecule has 2 atom stereocenters. The Hall–Kier alpha value is -3.93. The van der Waals surface area contributed by atoms with E-state index in [1.54, 1.807) is 12.1 Å². The summed E-state index contributed by atoms with van der Waals surface area (Å²) >= 11 is 3.66. The Morgan fingerprint density at radius 1 is 1.07 bits per heavy atom. The van der Waals surface area contributed by atoms with Crippen molar-refractivity contribution in [1.29, 1.82) is 0 Å². The first-order valence-corrected chi connectivity index (χ1v) is 15.9. The van der Waals surface area contributed by atoms with Crippen LogP contribution in [0.1, 0.15) is 60.5 Å². The summed E-state index contributed by atoms with van der Waals surface area (Å²) in [5.74, 6) is 0.566. The van der Waals surface area contributed by atoms with Crippen LogP contribution in [0, 0.1) is 0 Å². The Kier molecular flexibility index (Phi) is 11.1. The zero-order chi connectivity index (χ0) is 31.6. The summed E-state index contributed by atoms with van der Waals surface area (Å²) in [7, 11) is 0. The molecular formula is C33H37BrN6O5. The molecule has 5 rings (SSSR count). The molecule has 236 valence electrons. The number of aliphatic hydroxyl groups excluding tert-OH is 2. The van der Waals surface area contributed by atoms with E-state index in [1.165, 1.54) is 0 Å². The largest absolute Gasteiger partial charge is 0.494 e. The second kappa shape index (κ2) is 15.4. The normalized spacial score (nSPS) is 22.6. The van der Waals surface area contributed by atoms with Crippen molar-refractivity contribution in [2.24, 2.45) is 10.1 Å². The van der Waals surface area contributed by atoms with Gasteiger partial charge in [0.15, 0.2) is 11.6 Å². The second-order valence-electron chi connectivity index (χ2n) is 11.2. The number of rotatable bonds is 13. The van der Waals surface area contributed by atoms with Gasteiger partial charge >= 0.3 is 0 Å². The smallest absolute Gasteiger partial charge is 0.266 e. The number of ether oxygens (including phenoxy) is 2. The molecule has 2 aliphatic rings. The van der Waals surface area contributed by atoms with Gasteiger partial charge in [-0.3, -0.25) is 10.2 Å². The quantitative estimate of drug-likeness (QED) is 0.0619. The van der Waals surface area contributed by atoms with Crippen LogP contribution >= 0.6 is 15.9 Å². The minimum atomic E-state index is -1.46. The van der Waals surface area contributed by atoms with E-state index in [-0.39, 0.29) is 37.6 Å². The molecule has 1 aliphatic heterocycles. The summed E-state index contributed by atoms with van der Waals surface area (Å²) < 4.78 is 13.2. The number of benzene rings is 3. The Bertz CT molecular complexity index is 1540. The third-order valence-corrected chi connectivity index (χ3v) is 8.95. The SMILES string of the molecule is [N-]=[N+]=NCc1ccccc1[C@@H]1OC(c2ccc(OCCCO)cc2)=N[C@]1(Cc1ccccc1Br)C(=O)NNC1CCC(O)CC1. The lowest BCUT2D eigenvalue weighted by molar-refractivity contribution is -0.130. The van der Waals surface area contributed by atoms with Crippen molar-refractivity contribution in [1.82, 2.24) is 10.9 Å². The van der Waals surface area contributed by atoms with Crippen LogP contribution in [0.3, 0.4) is 0 Å². The highest BCUT2D eigenvalue weighted by Crippen LogP contribution is 2.44. The van der Waals surface area contributed by atoms with Gasteiger partial charge in [-0.2, -0.15) is 0 Å². The molecule has 0 unspecified atom stereocenters. The minimum Gasteiger partial charge on any atom is -0.494 e.